The van der Waals surface area contributed by atoms with E-state index in [1.54, 1.807) is 24.4 Å². The number of benzene rings is 1. The van der Waals surface area contributed by atoms with E-state index >= 15 is 0 Å². The molecule has 25 heavy (non-hydrogen) atoms. The van der Waals surface area contributed by atoms with Crippen molar-refractivity contribution in [3.8, 4) is 0 Å². The van der Waals surface area contributed by atoms with E-state index in [-0.39, 0.29) is 29.8 Å². The molecule has 0 fully saturated rings. The maximum atomic E-state index is 13.6. The molecule has 0 amide bonds. The van der Waals surface area contributed by atoms with Gasteiger partial charge in [-0.25, -0.2) is 9.37 Å². The van der Waals surface area contributed by atoms with Crippen LogP contribution in [0.2, 0.25) is 5.15 Å². The number of aromatic nitrogens is 1. The van der Waals surface area contributed by atoms with Gasteiger partial charge in [-0.05, 0) is 43.0 Å². The lowest BCUT2D eigenvalue weighted by Gasteiger charge is -2.11. The zero-order valence-corrected chi connectivity index (χ0v) is 17.2. The normalized spacial score (nSPS) is 10.9. The summed E-state index contributed by atoms with van der Waals surface area (Å²) >= 11 is 5.77. The van der Waals surface area contributed by atoms with Gasteiger partial charge in [0.15, 0.2) is 5.96 Å². The average molecular weight is 477 g/mol. The maximum Gasteiger partial charge on any atom is 0.191 e. The van der Waals surface area contributed by atoms with Crippen molar-refractivity contribution >= 4 is 41.5 Å². The number of hydrogen-bond acceptors (Lipinski definition) is 2. The van der Waals surface area contributed by atoms with Crippen LogP contribution >= 0.6 is 35.6 Å². The lowest BCUT2D eigenvalue weighted by molar-refractivity contribution is 0.609. The van der Waals surface area contributed by atoms with E-state index in [2.05, 4.69) is 20.6 Å². The molecule has 0 atom stereocenters. The third kappa shape index (κ3) is 8.00. The third-order valence-electron chi connectivity index (χ3n) is 3.45. The lowest BCUT2D eigenvalue weighted by Crippen LogP contribution is -2.38. The Morgan fingerprint density at radius 2 is 1.96 bits per heavy atom. The summed E-state index contributed by atoms with van der Waals surface area (Å²) in [4.78, 5) is 8.55. The van der Waals surface area contributed by atoms with Crippen LogP contribution in [0, 0.1) is 5.82 Å². The molecule has 0 unspecified atom stereocenters. The van der Waals surface area contributed by atoms with Crippen LogP contribution in [0.3, 0.4) is 0 Å². The van der Waals surface area contributed by atoms with Crippen LogP contribution in [0.4, 0.5) is 4.39 Å². The summed E-state index contributed by atoms with van der Waals surface area (Å²) < 4.78 is 13.6. The zero-order chi connectivity index (χ0) is 17.2. The molecule has 7 heteroatoms. The minimum Gasteiger partial charge on any atom is -0.357 e. The molecule has 0 saturated carbocycles. The largest absolute Gasteiger partial charge is 0.357 e. The van der Waals surface area contributed by atoms with Gasteiger partial charge in [0, 0.05) is 25.8 Å². The molecule has 0 aliphatic carbocycles. The fourth-order valence-corrected chi connectivity index (χ4v) is 2.32. The number of nitrogens with zero attached hydrogens (tertiary/aromatic N) is 2. The fourth-order valence-electron chi connectivity index (χ4n) is 2.21. The van der Waals surface area contributed by atoms with E-state index in [1.165, 1.54) is 6.07 Å². The Morgan fingerprint density at radius 1 is 1.16 bits per heavy atom. The number of rotatable bonds is 7. The Morgan fingerprint density at radius 3 is 2.64 bits per heavy atom. The molecule has 0 spiro atoms. The summed E-state index contributed by atoms with van der Waals surface area (Å²) in [6.07, 6.45) is 3.17. The van der Waals surface area contributed by atoms with Crippen LogP contribution in [0.1, 0.15) is 18.1 Å². The second kappa shape index (κ2) is 12.0. The summed E-state index contributed by atoms with van der Waals surface area (Å²) in [5.74, 6) is 0.552. The molecule has 0 bridgehead atoms. The first-order valence-corrected chi connectivity index (χ1v) is 8.43. The first-order chi connectivity index (χ1) is 11.7. The van der Waals surface area contributed by atoms with Crippen LogP contribution in [-0.4, -0.2) is 30.6 Å². The number of guanidine groups is 1. The van der Waals surface area contributed by atoms with E-state index < -0.39 is 0 Å². The molecular weight excluding hydrogens is 454 g/mol. The summed E-state index contributed by atoms with van der Waals surface area (Å²) in [5, 5.41) is 6.95. The molecule has 1 heterocycles. The first-order valence-electron chi connectivity index (χ1n) is 8.05. The standard InChI is InChI=1S/C18H22ClFN4.HI/c1-2-21-18(22-11-9-14-7-8-17(19)24-13-14)23-12-10-15-5-3-4-6-16(15)20;/h3-8,13H,2,9-12H2,1H3,(H2,21,22,23);1H. The third-order valence-corrected chi connectivity index (χ3v) is 3.67. The Labute approximate surface area is 170 Å². The number of halogens is 3. The molecular formula is C18H23ClFIN4. The van der Waals surface area contributed by atoms with Gasteiger partial charge in [0.2, 0.25) is 0 Å². The highest BCUT2D eigenvalue weighted by Gasteiger charge is 2.01. The molecule has 0 aliphatic heterocycles. The smallest absolute Gasteiger partial charge is 0.191 e. The summed E-state index contributed by atoms with van der Waals surface area (Å²) in [5.41, 5.74) is 1.79. The van der Waals surface area contributed by atoms with Gasteiger partial charge >= 0.3 is 0 Å². The molecule has 0 saturated heterocycles. The highest BCUT2D eigenvalue weighted by atomic mass is 127. The van der Waals surface area contributed by atoms with Crippen LogP contribution in [0.15, 0.2) is 47.6 Å². The van der Waals surface area contributed by atoms with Crippen molar-refractivity contribution in [1.29, 1.82) is 0 Å². The second-order valence-corrected chi connectivity index (χ2v) is 5.66. The average Bonchev–Trinajstić information content (AvgIpc) is 2.58. The van der Waals surface area contributed by atoms with Gasteiger partial charge in [-0.1, -0.05) is 35.9 Å². The molecule has 1 aromatic heterocycles. The lowest BCUT2D eigenvalue weighted by atomic mass is 10.1. The molecule has 2 aromatic rings. The van der Waals surface area contributed by atoms with Gasteiger partial charge in [0.1, 0.15) is 11.0 Å². The molecule has 1 aromatic carbocycles. The van der Waals surface area contributed by atoms with Crippen molar-refractivity contribution in [2.24, 2.45) is 4.99 Å². The second-order valence-electron chi connectivity index (χ2n) is 5.27. The van der Waals surface area contributed by atoms with Crippen molar-refractivity contribution in [2.75, 3.05) is 19.6 Å². The topological polar surface area (TPSA) is 49.3 Å². The van der Waals surface area contributed by atoms with Crippen molar-refractivity contribution < 1.29 is 4.39 Å². The first kappa shape index (κ1) is 21.6. The Kier molecular flexibility index (Phi) is 10.4. The van der Waals surface area contributed by atoms with E-state index in [0.717, 1.165) is 31.0 Å². The highest BCUT2D eigenvalue weighted by Crippen LogP contribution is 2.07. The van der Waals surface area contributed by atoms with Crippen molar-refractivity contribution in [3.05, 3.63) is 64.7 Å². The van der Waals surface area contributed by atoms with E-state index in [9.17, 15) is 4.39 Å². The number of nitrogens with one attached hydrogen (secondary N) is 2. The zero-order valence-electron chi connectivity index (χ0n) is 14.1. The van der Waals surface area contributed by atoms with Crippen molar-refractivity contribution in [2.45, 2.75) is 19.8 Å². The Balaban J connectivity index is 0.00000312. The summed E-state index contributed by atoms with van der Waals surface area (Å²) in [6.45, 7) is 4.04. The monoisotopic (exact) mass is 476 g/mol. The van der Waals surface area contributed by atoms with Crippen LogP contribution in [0.25, 0.3) is 0 Å². The highest BCUT2D eigenvalue weighted by molar-refractivity contribution is 14.0. The van der Waals surface area contributed by atoms with Gasteiger partial charge in [-0.2, -0.15) is 0 Å². The Hall–Kier alpha value is -1.41. The number of hydrogen-bond donors (Lipinski definition) is 2. The molecule has 0 radical (unpaired) electrons. The van der Waals surface area contributed by atoms with Crippen molar-refractivity contribution in [1.82, 2.24) is 15.6 Å². The summed E-state index contributed by atoms with van der Waals surface area (Å²) in [7, 11) is 0. The number of pyridine rings is 1. The maximum absolute atomic E-state index is 13.6. The van der Waals surface area contributed by atoms with Crippen LogP contribution < -0.4 is 10.6 Å². The summed E-state index contributed by atoms with van der Waals surface area (Å²) in [6, 6.07) is 10.5. The quantitative estimate of drug-likeness (QED) is 0.276. The van der Waals surface area contributed by atoms with Gasteiger partial charge in [-0.3, -0.25) is 4.99 Å². The predicted molar refractivity (Wildman–Crippen MR) is 112 cm³/mol. The van der Waals surface area contributed by atoms with E-state index in [0.29, 0.717) is 23.7 Å². The van der Waals surface area contributed by atoms with Gasteiger partial charge in [0.05, 0.1) is 0 Å². The van der Waals surface area contributed by atoms with Crippen LogP contribution in [0.5, 0.6) is 0 Å². The molecule has 4 nitrogen and oxygen atoms in total. The molecule has 2 N–H and O–H groups in total. The predicted octanol–water partition coefficient (Wildman–Crippen LogP) is 3.83. The molecule has 2 rings (SSSR count). The minimum atomic E-state index is -0.180. The fraction of sp³-hybridized carbons (Fsp3) is 0.333. The Bertz CT molecular complexity index is 664. The minimum absolute atomic E-state index is 0. The molecule has 136 valence electrons. The van der Waals surface area contributed by atoms with Gasteiger partial charge < -0.3 is 10.6 Å². The molecule has 0 aliphatic rings. The van der Waals surface area contributed by atoms with Crippen molar-refractivity contribution in [3.63, 3.8) is 0 Å². The van der Waals surface area contributed by atoms with E-state index in [4.69, 9.17) is 11.6 Å². The number of aliphatic imine (C=N–C) groups is 1. The van der Waals surface area contributed by atoms with Gasteiger partial charge in [0.25, 0.3) is 0 Å². The SMILES string of the molecule is CCNC(=NCCc1ccccc1F)NCCc1ccc(Cl)nc1.I. The van der Waals surface area contributed by atoms with E-state index in [1.807, 2.05) is 19.1 Å². The van der Waals surface area contributed by atoms with Crippen LogP contribution in [-0.2, 0) is 12.8 Å². The van der Waals surface area contributed by atoms with Gasteiger partial charge in [-0.15, -0.1) is 24.0 Å².